The van der Waals surface area contributed by atoms with Crippen LogP contribution < -0.4 is 0 Å². The molecule has 0 radical (unpaired) electrons. The molecule has 0 heterocycles. The lowest BCUT2D eigenvalue weighted by Gasteiger charge is -2.33. The van der Waals surface area contributed by atoms with E-state index in [2.05, 4.69) is 47.7 Å². The lowest BCUT2D eigenvalue weighted by molar-refractivity contribution is 0.0588. The van der Waals surface area contributed by atoms with Crippen molar-refractivity contribution in [1.82, 2.24) is 0 Å². The second-order valence-corrected chi connectivity index (χ2v) is 13.4. The Balaban J connectivity index is 3.56. The number of hydrogen-bond donors (Lipinski definition) is 0. The summed E-state index contributed by atoms with van der Waals surface area (Å²) >= 11 is 0. The predicted molar refractivity (Wildman–Crippen MR) is 142 cm³/mol. The molecule has 0 aromatic rings. The van der Waals surface area contributed by atoms with Crippen LogP contribution in [0.5, 0.6) is 0 Å². The number of rotatable bonds is 23. The molecule has 0 aliphatic heterocycles. The highest BCUT2D eigenvalue weighted by atomic mass is 28.4. The highest BCUT2D eigenvalue weighted by molar-refractivity contribution is 6.71. The Morgan fingerprint density at radius 3 is 1.32 bits per heavy atom. The zero-order valence-electron chi connectivity index (χ0n) is 22.4. The molecule has 0 aliphatic carbocycles. The van der Waals surface area contributed by atoms with Crippen molar-refractivity contribution >= 4 is 8.56 Å². The first-order valence-electron chi connectivity index (χ1n) is 13.8. The van der Waals surface area contributed by atoms with Crippen molar-refractivity contribution in [2.45, 2.75) is 150 Å². The van der Waals surface area contributed by atoms with Crippen molar-refractivity contribution in [2.24, 2.45) is 11.8 Å². The highest BCUT2D eigenvalue weighted by Gasteiger charge is 2.33. The molecule has 0 aromatic carbocycles. The first kappa shape index (κ1) is 30.9. The summed E-state index contributed by atoms with van der Waals surface area (Å²) in [5.74, 6) is 1.01. The summed E-state index contributed by atoms with van der Waals surface area (Å²) in [5, 5.41) is 0. The van der Waals surface area contributed by atoms with Crippen LogP contribution in [0.4, 0.5) is 0 Å². The van der Waals surface area contributed by atoms with Crippen molar-refractivity contribution in [2.75, 3.05) is 6.61 Å². The summed E-state index contributed by atoms with van der Waals surface area (Å²) in [4.78, 5) is 0. The van der Waals surface area contributed by atoms with Crippen LogP contribution in [0.1, 0.15) is 137 Å². The maximum absolute atomic E-state index is 6.44. The van der Waals surface area contributed by atoms with Crippen LogP contribution in [0.25, 0.3) is 0 Å². The molecule has 1 unspecified atom stereocenters. The van der Waals surface area contributed by atoms with Crippen LogP contribution in [0.3, 0.4) is 0 Å². The molecule has 0 bridgehead atoms. The molecule has 0 N–H and O–H groups in total. The van der Waals surface area contributed by atoms with Gasteiger partial charge in [0.25, 0.3) is 0 Å². The topological polar surface area (TPSA) is 18.5 Å². The summed E-state index contributed by atoms with van der Waals surface area (Å²) in [6, 6.07) is 0. The van der Waals surface area contributed by atoms with Gasteiger partial charge in [-0.3, -0.25) is 0 Å². The summed E-state index contributed by atoms with van der Waals surface area (Å²) in [5.41, 5.74) is 1.96. The van der Waals surface area contributed by atoms with E-state index in [-0.39, 0.29) is 6.10 Å². The Bertz CT molecular complexity index is 388. The first-order chi connectivity index (χ1) is 14.9. The SMILES string of the molecule is C=C[Si](C)(OCCCCCCCCCCCCCCCCCC)OC(C(C)C)C(C)C. The standard InChI is InChI=1S/C28H58O2Si/c1-8-10-11-12-13-14-15-16-17-18-19-20-21-22-23-24-25-29-31(7,9-2)30-28(26(3)4)27(5)6/h9,26-28H,2,8,10-25H2,1,3-7H3. The molecule has 3 heteroatoms. The zero-order valence-corrected chi connectivity index (χ0v) is 23.4. The van der Waals surface area contributed by atoms with Gasteiger partial charge in [0.05, 0.1) is 6.10 Å². The third-order valence-corrected chi connectivity index (χ3v) is 8.70. The molecule has 2 nitrogen and oxygen atoms in total. The molecule has 0 aromatic heterocycles. The molecular formula is C28H58O2Si. The normalized spacial score (nSPS) is 14.0. The van der Waals surface area contributed by atoms with Crippen LogP contribution >= 0.6 is 0 Å². The zero-order chi connectivity index (χ0) is 23.4. The van der Waals surface area contributed by atoms with E-state index in [0.717, 1.165) is 13.0 Å². The molecule has 0 rings (SSSR count). The maximum atomic E-state index is 6.44. The predicted octanol–water partition coefficient (Wildman–Crippen LogP) is 9.76. The molecule has 0 saturated heterocycles. The molecule has 0 amide bonds. The summed E-state index contributed by atoms with van der Waals surface area (Å²) < 4.78 is 12.7. The monoisotopic (exact) mass is 454 g/mol. The summed E-state index contributed by atoms with van der Waals surface area (Å²) in [7, 11) is -2.26. The van der Waals surface area contributed by atoms with Gasteiger partial charge in [-0.2, -0.15) is 0 Å². The van der Waals surface area contributed by atoms with E-state index in [9.17, 15) is 0 Å². The third-order valence-electron chi connectivity index (χ3n) is 6.44. The third kappa shape index (κ3) is 18.0. The Labute approximate surface area is 198 Å². The molecule has 186 valence electrons. The van der Waals surface area contributed by atoms with Gasteiger partial charge in [0.1, 0.15) is 0 Å². The van der Waals surface area contributed by atoms with Gasteiger partial charge in [0.15, 0.2) is 0 Å². The van der Waals surface area contributed by atoms with Crippen molar-refractivity contribution in [1.29, 1.82) is 0 Å². The molecule has 0 saturated carbocycles. The van der Waals surface area contributed by atoms with E-state index < -0.39 is 8.56 Å². The Kier molecular flexibility index (Phi) is 20.4. The van der Waals surface area contributed by atoms with Crippen LogP contribution in [0.15, 0.2) is 12.3 Å². The summed E-state index contributed by atoms with van der Waals surface area (Å²) in [6.45, 7) is 18.2. The van der Waals surface area contributed by atoms with Crippen LogP contribution in [0.2, 0.25) is 6.55 Å². The van der Waals surface area contributed by atoms with E-state index in [1.54, 1.807) is 0 Å². The molecule has 0 spiro atoms. The second kappa shape index (κ2) is 20.5. The van der Waals surface area contributed by atoms with Gasteiger partial charge in [0, 0.05) is 6.61 Å². The van der Waals surface area contributed by atoms with Gasteiger partial charge < -0.3 is 8.85 Å². The van der Waals surface area contributed by atoms with Crippen LogP contribution in [0, 0.1) is 11.8 Å². The average molecular weight is 455 g/mol. The van der Waals surface area contributed by atoms with E-state index in [1.165, 1.54) is 96.3 Å². The molecular weight excluding hydrogens is 396 g/mol. The lowest BCUT2D eigenvalue weighted by atomic mass is 9.97. The van der Waals surface area contributed by atoms with Crippen LogP contribution in [-0.2, 0) is 8.85 Å². The molecule has 1 atom stereocenters. The fraction of sp³-hybridized carbons (Fsp3) is 0.929. The van der Waals surface area contributed by atoms with Gasteiger partial charge in [0.2, 0.25) is 0 Å². The average Bonchev–Trinajstić information content (AvgIpc) is 2.74. The fourth-order valence-corrected chi connectivity index (χ4v) is 6.29. The Hall–Kier alpha value is -0.123. The molecule has 0 fully saturated rings. The van der Waals surface area contributed by atoms with E-state index >= 15 is 0 Å². The number of unbranched alkanes of at least 4 members (excludes halogenated alkanes) is 15. The molecule has 0 aliphatic rings. The fourth-order valence-electron chi connectivity index (χ4n) is 4.38. The number of hydrogen-bond acceptors (Lipinski definition) is 2. The second-order valence-electron chi connectivity index (χ2n) is 10.4. The van der Waals surface area contributed by atoms with E-state index in [0.29, 0.717) is 11.8 Å². The minimum Gasteiger partial charge on any atom is -0.391 e. The highest BCUT2D eigenvalue weighted by Crippen LogP contribution is 2.23. The van der Waals surface area contributed by atoms with E-state index in [1.807, 2.05) is 5.70 Å². The smallest absolute Gasteiger partial charge is 0.361 e. The van der Waals surface area contributed by atoms with Crippen molar-refractivity contribution in [3.05, 3.63) is 12.3 Å². The van der Waals surface area contributed by atoms with Gasteiger partial charge >= 0.3 is 8.56 Å². The van der Waals surface area contributed by atoms with Gasteiger partial charge in [-0.05, 0) is 30.5 Å². The minimum atomic E-state index is -2.26. The molecule has 31 heavy (non-hydrogen) atoms. The maximum Gasteiger partial charge on any atom is 0.361 e. The summed E-state index contributed by atoms with van der Waals surface area (Å²) in [6.07, 6.45) is 22.6. The van der Waals surface area contributed by atoms with Gasteiger partial charge in [-0.25, -0.2) is 0 Å². The van der Waals surface area contributed by atoms with Gasteiger partial charge in [-0.1, -0.05) is 131 Å². The van der Waals surface area contributed by atoms with Crippen molar-refractivity contribution in [3.8, 4) is 0 Å². The largest absolute Gasteiger partial charge is 0.391 e. The quantitative estimate of drug-likeness (QED) is 0.113. The minimum absolute atomic E-state index is 0.250. The van der Waals surface area contributed by atoms with Crippen molar-refractivity contribution < 1.29 is 8.85 Å². The van der Waals surface area contributed by atoms with Gasteiger partial charge in [-0.15, -0.1) is 6.58 Å². The van der Waals surface area contributed by atoms with Crippen LogP contribution in [-0.4, -0.2) is 21.3 Å². The lowest BCUT2D eigenvalue weighted by Crippen LogP contribution is -2.44. The Morgan fingerprint density at radius 1 is 0.645 bits per heavy atom. The van der Waals surface area contributed by atoms with E-state index in [4.69, 9.17) is 8.85 Å². The van der Waals surface area contributed by atoms with Crippen molar-refractivity contribution in [3.63, 3.8) is 0 Å². The first-order valence-corrected chi connectivity index (χ1v) is 16.2. The Morgan fingerprint density at radius 2 is 1.00 bits per heavy atom.